The first-order valence-electron chi connectivity index (χ1n) is 6.36. The molecule has 1 aromatic rings. The Bertz CT molecular complexity index is 500. The zero-order valence-electron chi connectivity index (χ0n) is 11.8. The predicted molar refractivity (Wildman–Crippen MR) is 74.0 cm³/mol. The summed E-state index contributed by atoms with van der Waals surface area (Å²) in [7, 11) is 0. The Morgan fingerprint density at radius 1 is 1.43 bits per heavy atom. The maximum atomic E-state index is 11.4. The summed E-state index contributed by atoms with van der Waals surface area (Å²) >= 11 is 0. The van der Waals surface area contributed by atoms with Crippen LogP contribution in [0.3, 0.4) is 0 Å². The van der Waals surface area contributed by atoms with E-state index in [9.17, 15) is 9.59 Å². The molecule has 2 amide bonds. The molecule has 0 unspecified atom stereocenters. The molecule has 0 radical (unpaired) electrons. The number of carboxylic acids is 1. The Kier molecular flexibility index (Phi) is 6.88. The maximum absolute atomic E-state index is 11.4. The number of nitrogens with one attached hydrogen (secondary N) is 2. The second-order valence-electron chi connectivity index (χ2n) is 4.36. The Labute approximate surface area is 122 Å². The molecular weight excluding hydrogens is 278 g/mol. The molecule has 1 rings (SSSR count). The summed E-state index contributed by atoms with van der Waals surface area (Å²) in [6.45, 7) is 7.47. The van der Waals surface area contributed by atoms with E-state index >= 15 is 0 Å². The van der Waals surface area contributed by atoms with Crippen LogP contribution in [0.4, 0.5) is 4.79 Å². The molecule has 0 atom stereocenters. The molecule has 0 aromatic carbocycles. The van der Waals surface area contributed by atoms with E-state index in [0.29, 0.717) is 32.8 Å². The molecule has 0 fully saturated rings. The minimum absolute atomic E-state index is 0.130. The number of rotatable bonds is 9. The van der Waals surface area contributed by atoms with Gasteiger partial charge in [-0.25, -0.2) is 14.3 Å². The highest BCUT2D eigenvalue weighted by atomic mass is 16.5. The lowest BCUT2D eigenvalue weighted by Crippen LogP contribution is -2.38. The second-order valence-corrected chi connectivity index (χ2v) is 4.36. The quantitative estimate of drug-likeness (QED) is 0.431. The highest BCUT2D eigenvalue weighted by molar-refractivity contribution is 5.84. The molecule has 0 saturated heterocycles. The average Bonchev–Trinajstić information content (AvgIpc) is 2.87. The van der Waals surface area contributed by atoms with Crippen molar-refractivity contribution in [2.45, 2.75) is 13.5 Å². The van der Waals surface area contributed by atoms with Gasteiger partial charge in [-0.05, 0) is 6.92 Å². The molecule has 9 nitrogen and oxygen atoms in total. The van der Waals surface area contributed by atoms with Gasteiger partial charge in [0.1, 0.15) is 0 Å². The van der Waals surface area contributed by atoms with Gasteiger partial charge in [-0.2, -0.15) is 0 Å². The van der Waals surface area contributed by atoms with Crippen molar-refractivity contribution in [3.05, 3.63) is 24.0 Å². The Morgan fingerprint density at radius 2 is 2.14 bits per heavy atom. The molecule has 3 N–H and O–H groups in total. The molecule has 116 valence electrons. The largest absolute Gasteiger partial charge is 0.476 e. The first-order valence-corrected chi connectivity index (χ1v) is 6.36. The van der Waals surface area contributed by atoms with Crippen molar-refractivity contribution < 1.29 is 19.4 Å². The second kappa shape index (κ2) is 8.69. The van der Waals surface area contributed by atoms with Gasteiger partial charge in [0.25, 0.3) is 0 Å². The topological polar surface area (TPSA) is 118 Å². The molecule has 0 saturated carbocycles. The van der Waals surface area contributed by atoms with Gasteiger partial charge in [0, 0.05) is 13.1 Å². The van der Waals surface area contributed by atoms with Crippen molar-refractivity contribution in [3.63, 3.8) is 0 Å². The minimum Gasteiger partial charge on any atom is -0.476 e. The van der Waals surface area contributed by atoms with Crippen molar-refractivity contribution in [1.29, 1.82) is 0 Å². The van der Waals surface area contributed by atoms with E-state index in [4.69, 9.17) is 9.84 Å². The first-order chi connectivity index (χ1) is 9.99. The maximum Gasteiger partial charge on any atom is 0.358 e. The summed E-state index contributed by atoms with van der Waals surface area (Å²) in [4.78, 5) is 22.0. The lowest BCUT2D eigenvalue weighted by Gasteiger charge is -2.08. The molecule has 0 spiro atoms. The van der Waals surface area contributed by atoms with Crippen molar-refractivity contribution in [2.24, 2.45) is 0 Å². The number of amides is 2. The number of carbonyl (C=O) groups excluding carboxylic acids is 1. The SMILES string of the molecule is C=C(C)COCCNC(=O)NCCn1cc(C(=O)O)nn1. The van der Waals surface area contributed by atoms with Gasteiger partial charge in [-0.1, -0.05) is 17.4 Å². The predicted octanol–water partition coefficient (Wildman–Crippen LogP) is -0.132. The highest BCUT2D eigenvalue weighted by Crippen LogP contribution is 1.91. The van der Waals surface area contributed by atoms with Crippen molar-refractivity contribution >= 4 is 12.0 Å². The van der Waals surface area contributed by atoms with E-state index in [2.05, 4.69) is 27.5 Å². The summed E-state index contributed by atoms with van der Waals surface area (Å²) in [5, 5.41) is 21.0. The number of nitrogens with zero attached hydrogens (tertiary/aromatic N) is 3. The third-order valence-electron chi connectivity index (χ3n) is 2.26. The van der Waals surface area contributed by atoms with Gasteiger partial charge in [0.2, 0.25) is 0 Å². The fraction of sp³-hybridized carbons (Fsp3) is 0.500. The molecule has 21 heavy (non-hydrogen) atoms. The summed E-state index contributed by atoms with van der Waals surface area (Å²) in [5.41, 5.74) is 0.794. The zero-order valence-corrected chi connectivity index (χ0v) is 11.8. The van der Waals surface area contributed by atoms with Crippen LogP contribution in [0.25, 0.3) is 0 Å². The van der Waals surface area contributed by atoms with Gasteiger partial charge in [-0.15, -0.1) is 5.10 Å². The molecular formula is C12H19N5O4. The Morgan fingerprint density at radius 3 is 2.76 bits per heavy atom. The van der Waals surface area contributed by atoms with Crippen LogP contribution in [0.15, 0.2) is 18.3 Å². The van der Waals surface area contributed by atoms with Crippen molar-refractivity contribution in [2.75, 3.05) is 26.3 Å². The van der Waals surface area contributed by atoms with Gasteiger partial charge in [0.15, 0.2) is 5.69 Å². The Balaban J connectivity index is 2.10. The third-order valence-corrected chi connectivity index (χ3v) is 2.26. The lowest BCUT2D eigenvalue weighted by atomic mass is 10.4. The molecule has 1 heterocycles. The highest BCUT2D eigenvalue weighted by Gasteiger charge is 2.07. The van der Waals surface area contributed by atoms with Crippen LogP contribution in [-0.2, 0) is 11.3 Å². The molecule has 1 aromatic heterocycles. The summed E-state index contributed by atoms with van der Waals surface area (Å²) in [6, 6.07) is -0.326. The van der Waals surface area contributed by atoms with E-state index in [-0.39, 0.29) is 11.7 Å². The molecule has 0 aliphatic rings. The van der Waals surface area contributed by atoms with Gasteiger partial charge in [0.05, 0.1) is 26.0 Å². The smallest absolute Gasteiger partial charge is 0.358 e. The standard InChI is InChI=1S/C12H19N5O4/c1-9(2)8-21-6-4-14-12(20)13-3-5-17-7-10(11(18)19)15-16-17/h7H,1,3-6,8H2,2H3,(H,18,19)(H2,13,14,20). The Hall–Kier alpha value is -2.42. The van der Waals surface area contributed by atoms with Crippen LogP contribution < -0.4 is 10.6 Å². The number of aromatic nitrogens is 3. The monoisotopic (exact) mass is 297 g/mol. The minimum atomic E-state index is -1.14. The van der Waals surface area contributed by atoms with Crippen LogP contribution in [0.5, 0.6) is 0 Å². The summed E-state index contributed by atoms with van der Waals surface area (Å²) in [6.07, 6.45) is 1.30. The normalized spacial score (nSPS) is 10.1. The van der Waals surface area contributed by atoms with E-state index in [1.165, 1.54) is 10.9 Å². The van der Waals surface area contributed by atoms with E-state index in [0.717, 1.165) is 5.57 Å². The summed E-state index contributed by atoms with van der Waals surface area (Å²) < 4.78 is 6.57. The van der Waals surface area contributed by atoms with Crippen molar-refractivity contribution in [1.82, 2.24) is 25.6 Å². The van der Waals surface area contributed by atoms with Crippen LogP contribution in [0.2, 0.25) is 0 Å². The van der Waals surface area contributed by atoms with Crippen molar-refractivity contribution in [3.8, 4) is 0 Å². The van der Waals surface area contributed by atoms with E-state index < -0.39 is 5.97 Å². The average molecular weight is 297 g/mol. The molecule has 9 heteroatoms. The zero-order chi connectivity index (χ0) is 15.7. The fourth-order valence-corrected chi connectivity index (χ4v) is 1.34. The number of urea groups is 1. The van der Waals surface area contributed by atoms with Crippen LogP contribution in [-0.4, -0.2) is 58.4 Å². The first kappa shape index (κ1) is 16.6. The van der Waals surface area contributed by atoms with E-state index in [1.807, 2.05) is 6.92 Å². The lowest BCUT2D eigenvalue weighted by molar-refractivity contribution is 0.0690. The molecule has 0 aliphatic carbocycles. The molecule has 0 bridgehead atoms. The third kappa shape index (κ3) is 7.06. The van der Waals surface area contributed by atoms with Crippen LogP contribution in [0.1, 0.15) is 17.4 Å². The number of hydrogen-bond donors (Lipinski definition) is 3. The van der Waals surface area contributed by atoms with E-state index in [1.54, 1.807) is 0 Å². The fourth-order valence-electron chi connectivity index (χ4n) is 1.34. The van der Waals surface area contributed by atoms with Crippen LogP contribution in [0, 0.1) is 0 Å². The van der Waals surface area contributed by atoms with Gasteiger partial charge >= 0.3 is 12.0 Å². The number of hydrogen-bond acceptors (Lipinski definition) is 5. The number of carboxylic acid groups (broad SMARTS) is 1. The number of aromatic carboxylic acids is 1. The summed E-state index contributed by atoms with van der Waals surface area (Å²) in [5.74, 6) is -1.14. The van der Waals surface area contributed by atoms with Crippen LogP contribution >= 0.6 is 0 Å². The number of carbonyl (C=O) groups is 2. The number of ether oxygens (including phenoxy) is 1. The van der Waals surface area contributed by atoms with Gasteiger partial charge < -0.3 is 20.5 Å². The molecule has 0 aliphatic heterocycles. The van der Waals surface area contributed by atoms with Gasteiger partial charge in [-0.3, -0.25) is 0 Å².